The summed E-state index contributed by atoms with van der Waals surface area (Å²) in [5, 5.41) is 8.71. The molecule has 72 valence electrons. The normalized spacial score (nSPS) is 10.4. The van der Waals surface area contributed by atoms with E-state index in [2.05, 4.69) is 32.0 Å². The van der Waals surface area contributed by atoms with Crippen molar-refractivity contribution in [3.05, 3.63) is 34.9 Å². The minimum atomic E-state index is 0.287. The average Bonchev–Trinajstić information content (AvgIpc) is 2.16. The zero-order valence-electron chi connectivity index (χ0n) is 8.51. The van der Waals surface area contributed by atoms with Crippen LogP contribution in [0.1, 0.15) is 30.0 Å². The highest BCUT2D eigenvalue weighted by Gasteiger charge is 1.98. The van der Waals surface area contributed by atoms with Crippen molar-refractivity contribution >= 4 is 0 Å². The molecule has 0 saturated heterocycles. The van der Waals surface area contributed by atoms with Gasteiger partial charge in [-0.05, 0) is 42.9 Å². The Morgan fingerprint density at radius 1 is 1.31 bits per heavy atom. The summed E-state index contributed by atoms with van der Waals surface area (Å²) in [5.41, 5.74) is 4.14. The highest BCUT2D eigenvalue weighted by molar-refractivity contribution is 5.31. The van der Waals surface area contributed by atoms with Crippen LogP contribution in [0, 0.1) is 6.92 Å². The summed E-state index contributed by atoms with van der Waals surface area (Å²) >= 11 is 0. The molecule has 0 atom stereocenters. The summed E-state index contributed by atoms with van der Waals surface area (Å²) in [7, 11) is 0. The van der Waals surface area contributed by atoms with Crippen molar-refractivity contribution in [3.8, 4) is 0 Å². The van der Waals surface area contributed by atoms with Crippen LogP contribution in [0.4, 0.5) is 0 Å². The zero-order valence-corrected chi connectivity index (χ0v) is 8.51. The first-order valence-corrected chi connectivity index (χ1v) is 4.97. The minimum Gasteiger partial charge on any atom is -0.396 e. The Balaban J connectivity index is 2.74. The molecule has 0 unspecified atom stereocenters. The molecule has 0 fully saturated rings. The van der Waals surface area contributed by atoms with Crippen LogP contribution in [0.15, 0.2) is 18.2 Å². The molecule has 1 nitrogen and oxygen atoms in total. The Labute approximate surface area is 80.4 Å². The van der Waals surface area contributed by atoms with Crippen molar-refractivity contribution in [2.75, 3.05) is 6.61 Å². The highest BCUT2D eigenvalue weighted by atomic mass is 16.2. The van der Waals surface area contributed by atoms with E-state index < -0.39 is 0 Å². The molecule has 0 bridgehead atoms. The predicted octanol–water partition coefficient (Wildman–Crippen LogP) is 2.48. The van der Waals surface area contributed by atoms with Gasteiger partial charge < -0.3 is 5.11 Å². The lowest BCUT2D eigenvalue weighted by Gasteiger charge is -2.06. The Morgan fingerprint density at radius 3 is 2.69 bits per heavy atom. The van der Waals surface area contributed by atoms with Crippen LogP contribution in [0.2, 0.25) is 0 Å². The van der Waals surface area contributed by atoms with Crippen LogP contribution < -0.4 is 0 Å². The van der Waals surface area contributed by atoms with Gasteiger partial charge in [0.05, 0.1) is 0 Å². The molecule has 0 aliphatic rings. The maximum atomic E-state index is 8.71. The minimum absolute atomic E-state index is 0.287. The Bertz CT molecular complexity index is 266. The van der Waals surface area contributed by atoms with Gasteiger partial charge in [0.25, 0.3) is 0 Å². The molecule has 1 rings (SSSR count). The summed E-state index contributed by atoms with van der Waals surface area (Å²) in [6, 6.07) is 6.58. The summed E-state index contributed by atoms with van der Waals surface area (Å²) < 4.78 is 0. The molecular weight excluding hydrogens is 160 g/mol. The quantitative estimate of drug-likeness (QED) is 0.751. The monoisotopic (exact) mass is 178 g/mol. The topological polar surface area (TPSA) is 20.2 Å². The van der Waals surface area contributed by atoms with Crippen molar-refractivity contribution in [1.29, 1.82) is 0 Å². The lowest BCUT2D eigenvalue weighted by molar-refractivity contribution is 0.288. The predicted molar refractivity (Wildman–Crippen MR) is 56.0 cm³/mol. The molecular formula is C12H18O. The van der Waals surface area contributed by atoms with Crippen molar-refractivity contribution < 1.29 is 5.11 Å². The van der Waals surface area contributed by atoms with E-state index in [4.69, 9.17) is 5.11 Å². The molecule has 1 aromatic carbocycles. The standard InChI is InChI=1S/C12H18O/c1-3-12-9-11(5-4-8-13)7-6-10(12)2/h6-7,9,13H,3-5,8H2,1-2H3. The first-order valence-electron chi connectivity index (χ1n) is 4.97. The molecule has 0 aliphatic heterocycles. The summed E-state index contributed by atoms with van der Waals surface area (Å²) in [4.78, 5) is 0. The number of aliphatic hydroxyl groups excluding tert-OH is 1. The number of aliphatic hydroxyl groups is 1. The van der Waals surface area contributed by atoms with Crippen LogP contribution in [-0.4, -0.2) is 11.7 Å². The van der Waals surface area contributed by atoms with Gasteiger partial charge in [-0.3, -0.25) is 0 Å². The van der Waals surface area contributed by atoms with Gasteiger partial charge >= 0.3 is 0 Å². The molecule has 1 N–H and O–H groups in total. The SMILES string of the molecule is CCc1cc(CCCO)ccc1C. The number of aryl methyl sites for hydroxylation is 3. The van der Waals surface area contributed by atoms with E-state index in [9.17, 15) is 0 Å². The van der Waals surface area contributed by atoms with Gasteiger partial charge in [0.15, 0.2) is 0 Å². The van der Waals surface area contributed by atoms with Gasteiger partial charge in [-0.2, -0.15) is 0 Å². The molecule has 0 heterocycles. The van der Waals surface area contributed by atoms with Crippen molar-refractivity contribution in [1.82, 2.24) is 0 Å². The summed E-state index contributed by atoms with van der Waals surface area (Å²) in [5.74, 6) is 0. The van der Waals surface area contributed by atoms with Crippen molar-refractivity contribution in [2.24, 2.45) is 0 Å². The first kappa shape index (κ1) is 10.3. The number of hydrogen-bond donors (Lipinski definition) is 1. The molecule has 0 radical (unpaired) electrons. The van der Waals surface area contributed by atoms with E-state index in [0.717, 1.165) is 19.3 Å². The van der Waals surface area contributed by atoms with E-state index in [-0.39, 0.29) is 6.61 Å². The molecule has 0 aromatic heterocycles. The van der Waals surface area contributed by atoms with Crippen molar-refractivity contribution in [3.63, 3.8) is 0 Å². The van der Waals surface area contributed by atoms with Crippen LogP contribution in [0.5, 0.6) is 0 Å². The Hall–Kier alpha value is -0.820. The van der Waals surface area contributed by atoms with Gasteiger partial charge in [-0.1, -0.05) is 25.1 Å². The molecule has 1 heteroatoms. The van der Waals surface area contributed by atoms with Gasteiger partial charge in [0.2, 0.25) is 0 Å². The third kappa shape index (κ3) is 2.85. The van der Waals surface area contributed by atoms with E-state index in [1.54, 1.807) is 0 Å². The highest BCUT2D eigenvalue weighted by Crippen LogP contribution is 2.12. The third-order valence-corrected chi connectivity index (χ3v) is 2.42. The van der Waals surface area contributed by atoms with Gasteiger partial charge in [0.1, 0.15) is 0 Å². The number of hydrogen-bond acceptors (Lipinski definition) is 1. The molecule has 0 saturated carbocycles. The van der Waals surface area contributed by atoms with Crippen LogP contribution >= 0.6 is 0 Å². The summed E-state index contributed by atoms with van der Waals surface area (Å²) in [6.45, 7) is 4.61. The van der Waals surface area contributed by atoms with Crippen LogP contribution in [0.25, 0.3) is 0 Å². The molecule has 13 heavy (non-hydrogen) atoms. The van der Waals surface area contributed by atoms with E-state index in [1.165, 1.54) is 16.7 Å². The number of rotatable bonds is 4. The molecule has 0 aliphatic carbocycles. The smallest absolute Gasteiger partial charge is 0.0434 e. The van der Waals surface area contributed by atoms with Gasteiger partial charge in [-0.15, -0.1) is 0 Å². The number of benzene rings is 1. The largest absolute Gasteiger partial charge is 0.396 e. The average molecular weight is 178 g/mol. The zero-order chi connectivity index (χ0) is 9.68. The second-order valence-electron chi connectivity index (χ2n) is 3.44. The fourth-order valence-electron chi connectivity index (χ4n) is 1.54. The maximum absolute atomic E-state index is 8.71. The lowest BCUT2D eigenvalue weighted by atomic mass is 10.0. The third-order valence-electron chi connectivity index (χ3n) is 2.42. The molecule has 0 spiro atoms. The fraction of sp³-hybridized carbons (Fsp3) is 0.500. The second-order valence-corrected chi connectivity index (χ2v) is 3.44. The second kappa shape index (κ2) is 5.03. The maximum Gasteiger partial charge on any atom is 0.0434 e. The van der Waals surface area contributed by atoms with Gasteiger partial charge in [-0.25, -0.2) is 0 Å². The van der Waals surface area contributed by atoms with Gasteiger partial charge in [0, 0.05) is 6.61 Å². The Morgan fingerprint density at radius 2 is 2.08 bits per heavy atom. The Kier molecular flexibility index (Phi) is 3.97. The van der Waals surface area contributed by atoms with Crippen LogP contribution in [-0.2, 0) is 12.8 Å². The van der Waals surface area contributed by atoms with Crippen molar-refractivity contribution in [2.45, 2.75) is 33.1 Å². The van der Waals surface area contributed by atoms with E-state index in [1.807, 2.05) is 0 Å². The molecule has 1 aromatic rings. The first-order chi connectivity index (χ1) is 6.27. The van der Waals surface area contributed by atoms with E-state index in [0.29, 0.717) is 0 Å². The van der Waals surface area contributed by atoms with E-state index >= 15 is 0 Å². The lowest BCUT2D eigenvalue weighted by Crippen LogP contribution is -1.93. The fourth-order valence-corrected chi connectivity index (χ4v) is 1.54. The molecule has 0 amide bonds. The van der Waals surface area contributed by atoms with Crippen LogP contribution in [0.3, 0.4) is 0 Å². The summed E-state index contributed by atoms with van der Waals surface area (Å²) in [6.07, 6.45) is 2.95.